The van der Waals surface area contributed by atoms with Crippen molar-refractivity contribution in [2.75, 3.05) is 53.6 Å². The highest BCUT2D eigenvalue weighted by atomic mass is 32.2. The summed E-state index contributed by atoms with van der Waals surface area (Å²) in [6.07, 6.45) is 0.601. The van der Waals surface area contributed by atoms with Gasteiger partial charge in [-0.1, -0.05) is 6.07 Å². The molecule has 1 spiro atoms. The Hall–Kier alpha value is -4.71. The van der Waals surface area contributed by atoms with Gasteiger partial charge in [-0.05, 0) is 62.2 Å². The number of carbonyl (C=O) groups is 2. The summed E-state index contributed by atoms with van der Waals surface area (Å²) in [4.78, 5) is 35.8. The van der Waals surface area contributed by atoms with E-state index in [1.54, 1.807) is 7.11 Å². The summed E-state index contributed by atoms with van der Waals surface area (Å²) in [6, 6.07) is 5.22. The molecular formula is C42H46N4O11S. The molecule has 4 aromatic rings. The van der Waals surface area contributed by atoms with E-state index in [9.17, 15) is 20.1 Å². The lowest BCUT2D eigenvalue weighted by Gasteiger charge is -2.60. The summed E-state index contributed by atoms with van der Waals surface area (Å²) >= 11 is 1.46. The van der Waals surface area contributed by atoms with E-state index in [1.807, 2.05) is 50.1 Å². The summed E-state index contributed by atoms with van der Waals surface area (Å²) < 4.78 is 36.3. The van der Waals surface area contributed by atoms with Crippen LogP contribution in [0.1, 0.15) is 68.9 Å². The van der Waals surface area contributed by atoms with E-state index in [2.05, 4.69) is 15.2 Å². The topological polar surface area (TPSA) is 185 Å². The summed E-state index contributed by atoms with van der Waals surface area (Å²) in [5.74, 6) is 1.22. The van der Waals surface area contributed by atoms with Crippen molar-refractivity contribution in [1.29, 1.82) is 0 Å². The number of aromatic nitrogens is 1. The molecule has 4 unspecified atom stereocenters. The van der Waals surface area contributed by atoms with Crippen LogP contribution in [0, 0.1) is 13.8 Å². The van der Waals surface area contributed by atoms with Crippen molar-refractivity contribution in [3.05, 3.63) is 68.9 Å². The lowest BCUT2D eigenvalue weighted by Crippen LogP contribution is -2.70. The molecule has 16 heteroatoms. The molecule has 0 saturated carbocycles. The maximum Gasteiger partial charge on any atom is 0.333 e. The van der Waals surface area contributed by atoms with E-state index in [0.717, 1.165) is 27.6 Å². The van der Waals surface area contributed by atoms with Crippen molar-refractivity contribution in [2.24, 2.45) is 0 Å². The number of hydrogen-bond acceptors (Lipinski definition) is 15. The first-order chi connectivity index (χ1) is 27.8. The van der Waals surface area contributed by atoms with Crippen molar-refractivity contribution in [2.45, 2.75) is 74.3 Å². The van der Waals surface area contributed by atoms with Crippen molar-refractivity contribution >= 4 is 34.6 Å². The number of piperazine rings is 1. The number of benzene rings is 3. The van der Waals surface area contributed by atoms with Crippen LogP contribution in [-0.4, -0.2) is 113 Å². The fourth-order valence-electron chi connectivity index (χ4n) is 11.0. The van der Waals surface area contributed by atoms with Gasteiger partial charge in [-0.25, -0.2) is 4.79 Å². The molecule has 4 bridgehead atoms. The minimum Gasteiger partial charge on any atom is -0.504 e. The van der Waals surface area contributed by atoms with Gasteiger partial charge in [0.15, 0.2) is 28.5 Å². The number of esters is 2. The fraction of sp³-hybridized carbons (Fsp3) is 0.476. The Morgan fingerprint density at radius 1 is 1.07 bits per heavy atom. The number of aromatic hydroxyl groups is 1. The Morgan fingerprint density at radius 3 is 2.60 bits per heavy atom. The zero-order valence-electron chi connectivity index (χ0n) is 33.1. The normalized spacial score (nSPS) is 30.6. The first-order valence-corrected chi connectivity index (χ1v) is 20.5. The minimum absolute atomic E-state index is 0.00139. The molecule has 306 valence electrons. The van der Waals surface area contributed by atoms with Crippen molar-refractivity contribution < 1.29 is 53.3 Å². The van der Waals surface area contributed by atoms with Crippen LogP contribution in [0.15, 0.2) is 24.3 Å². The predicted molar refractivity (Wildman–Crippen MR) is 211 cm³/mol. The zero-order valence-corrected chi connectivity index (χ0v) is 33.9. The number of nitrogens with zero attached hydrogens (tertiary/aromatic N) is 2. The minimum atomic E-state index is -1.54. The number of rotatable bonds is 4. The molecule has 8 aliphatic rings. The number of phenols is 1. The third kappa shape index (κ3) is 5.05. The quantitative estimate of drug-likeness (QED) is 0.149. The van der Waals surface area contributed by atoms with E-state index < -0.39 is 52.6 Å². The molecular weight excluding hydrogens is 769 g/mol. The maximum atomic E-state index is 15.1. The highest BCUT2D eigenvalue weighted by Gasteiger charge is 2.64. The molecule has 2 fully saturated rings. The largest absolute Gasteiger partial charge is 0.504 e. The number of methoxy groups -OCH3 is 2. The number of thioether (sulfide) groups is 1. The lowest BCUT2D eigenvalue weighted by molar-refractivity contribution is -0.215. The van der Waals surface area contributed by atoms with Gasteiger partial charge in [0.1, 0.15) is 23.8 Å². The Labute approximate surface area is 338 Å². The third-order valence-corrected chi connectivity index (χ3v) is 14.6. The van der Waals surface area contributed by atoms with E-state index in [-0.39, 0.29) is 44.5 Å². The number of carbonyl (C=O) groups excluding carboxylic acids is 2. The SMILES string of the molecule is COc1ccc2[nH]c3c(c2c1)C[C@H](CO)N[C@]31CS[C@@H]2c3c(OC(C)=O)c(C)c4c(c3C(COC1=O)N1[C@@H]2C2c3c(cc(C)c(OC)c3O)CC1(O)CN2C)OCO4. The van der Waals surface area contributed by atoms with Gasteiger partial charge < -0.3 is 48.7 Å². The van der Waals surface area contributed by atoms with Crippen LogP contribution >= 0.6 is 11.8 Å². The number of fused-ring (bicyclic) bond motifs is 8. The maximum absolute atomic E-state index is 15.1. The molecule has 12 rings (SSSR count). The lowest BCUT2D eigenvalue weighted by atomic mass is 9.78. The molecule has 58 heavy (non-hydrogen) atoms. The number of aromatic amines is 1. The summed E-state index contributed by atoms with van der Waals surface area (Å²) in [7, 11) is 5.07. The molecule has 8 aliphatic heterocycles. The van der Waals surface area contributed by atoms with Crippen LogP contribution in [0.2, 0.25) is 0 Å². The van der Waals surface area contributed by atoms with Gasteiger partial charge in [-0.3, -0.25) is 19.9 Å². The van der Waals surface area contributed by atoms with E-state index in [0.29, 0.717) is 63.1 Å². The molecule has 0 radical (unpaired) electrons. The number of phenolic OH excluding ortho intramolecular Hbond substituents is 1. The number of H-pyrrole nitrogens is 1. The van der Waals surface area contributed by atoms with Gasteiger partial charge in [0.25, 0.3) is 0 Å². The Bertz CT molecular complexity index is 2440. The molecule has 9 heterocycles. The van der Waals surface area contributed by atoms with Gasteiger partial charge in [-0.15, -0.1) is 11.8 Å². The fourth-order valence-corrected chi connectivity index (χ4v) is 12.6. The van der Waals surface area contributed by atoms with Crippen LogP contribution in [0.4, 0.5) is 0 Å². The van der Waals surface area contributed by atoms with Crippen molar-refractivity contribution in [1.82, 2.24) is 20.1 Å². The number of ether oxygens (including phenoxy) is 6. The van der Waals surface area contributed by atoms with Gasteiger partial charge in [0.2, 0.25) is 6.79 Å². The second-order valence-electron chi connectivity index (χ2n) is 16.4. The number of hydrogen-bond donors (Lipinski definition) is 5. The average Bonchev–Trinajstić information content (AvgIpc) is 3.78. The summed E-state index contributed by atoms with van der Waals surface area (Å²) in [5, 5.41) is 39.8. The van der Waals surface area contributed by atoms with Crippen molar-refractivity contribution in [3.8, 4) is 34.5 Å². The standard InChI is InChI=1S/C42H46N4O11S/c1-18-9-21-12-41(51)15-45(4)31(28(21)33(49)34(18)53-6)32-38-30-29(37-36(55-17-56-37)19(2)35(30)57-20(3)48)27(46(32)41)14-54-40(50)42(16-58-38)39-25(10-22(13-47)44-42)24-11-23(52-5)7-8-26(24)43-39/h7-9,11,22,27,31-32,38,43-44,47,49,51H,10,12-17H2,1-6H3/t22-,27?,31?,32-,38-,41?,42-/m1/s1. The van der Waals surface area contributed by atoms with Crippen LogP contribution in [-0.2, 0) is 32.7 Å². The number of aliphatic hydroxyl groups excluding tert-OH is 1. The van der Waals surface area contributed by atoms with E-state index in [1.165, 1.54) is 25.8 Å². The summed E-state index contributed by atoms with van der Waals surface area (Å²) in [5.41, 5.74) is 3.31. The molecule has 15 nitrogen and oxygen atoms in total. The van der Waals surface area contributed by atoms with Gasteiger partial charge in [0, 0.05) is 70.9 Å². The van der Waals surface area contributed by atoms with Crippen LogP contribution in [0.5, 0.6) is 34.5 Å². The molecule has 1 aromatic heterocycles. The second-order valence-corrected chi connectivity index (χ2v) is 17.5. The van der Waals surface area contributed by atoms with Crippen molar-refractivity contribution in [3.63, 3.8) is 0 Å². The highest BCUT2D eigenvalue weighted by molar-refractivity contribution is 7.99. The second kappa shape index (κ2) is 13.1. The van der Waals surface area contributed by atoms with Gasteiger partial charge >= 0.3 is 11.9 Å². The molecule has 2 saturated heterocycles. The molecule has 5 N–H and O–H groups in total. The molecule has 0 aliphatic carbocycles. The van der Waals surface area contributed by atoms with Gasteiger partial charge in [0.05, 0.1) is 43.9 Å². The number of aryl methyl sites for hydroxylation is 1. The first kappa shape index (κ1) is 37.6. The van der Waals surface area contributed by atoms with E-state index in [4.69, 9.17) is 28.4 Å². The predicted octanol–water partition coefficient (Wildman–Crippen LogP) is 3.55. The Morgan fingerprint density at radius 2 is 1.86 bits per heavy atom. The first-order valence-electron chi connectivity index (χ1n) is 19.4. The number of aliphatic hydroxyl groups is 2. The average molecular weight is 815 g/mol. The zero-order chi connectivity index (χ0) is 40.6. The smallest absolute Gasteiger partial charge is 0.333 e. The van der Waals surface area contributed by atoms with Crippen LogP contribution in [0.3, 0.4) is 0 Å². The molecule has 8 atom stereocenters. The Kier molecular flexibility index (Phi) is 8.51. The number of likely N-dealkylation sites (N-methyl/N-ethyl adjacent to an activating group) is 1. The monoisotopic (exact) mass is 814 g/mol. The van der Waals surface area contributed by atoms with E-state index >= 15 is 4.79 Å². The highest BCUT2D eigenvalue weighted by Crippen LogP contribution is 2.65. The number of nitrogens with one attached hydrogen (secondary N) is 2. The molecule has 3 aromatic carbocycles. The van der Waals surface area contributed by atoms with Crippen LogP contribution < -0.4 is 29.0 Å². The molecule has 0 amide bonds. The van der Waals surface area contributed by atoms with Gasteiger partial charge in [-0.2, -0.15) is 0 Å². The van der Waals surface area contributed by atoms with Crippen LogP contribution in [0.25, 0.3) is 10.9 Å². The third-order valence-electron chi connectivity index (χ3n) is 13.1. The Balaban J connectivity index is 1.25. The summed E-state index contributed by atoms with van der Waals surface area (Å²) in [6.45, 7) is 4.72.